The molecule has 1 aliphatic carbocycles. The van der Waals surface area contributed by atoms with Gasteiger partial charge in [0.1, 0.15) is 5.82 Å². The first-order valence-electron chi connectivity index (χ1n) is 7.74. The second kappa shape index (κ2) is 8.48. The van der Waals surface area contributed by atoms with E-state index in [0.29, 0.717) is 12.6 Å². The molecule has 0 atom stereocenters. The van der Waals surface area contributed by atoms with Gasteiger partial charge in [0.2, 0.25) is 0 Å². The van der Waals surface area contributed by atoms with Crippen molar-refractivity contribution in [3.05, 3.63) is 34.1 Å². The predicted octanol–water partition coefficient (Wildman–Crippen LogP) is 2.95. The summed E-state index contributed by atoms with van der Waals surface area (Å²) in [6.07, 6.45) is 3.37. The van der Waals surface area contributed by atoms with E-state index in [-0.39, 0.29) is 11.9 Å². The van der Waals surface area contributed by atoms with E-state index in [0.717, 1.165) is 48.2 Å². The highest BCUT2D eigenvalue weighted by Crippen LogP contribution is 2.18. The fourth-order valence-corrected chi connectivity index (χ4v) is 3.12. The summed E-state index contributed by atoms with van der Waals surface area (Å²) in [5.41, 5.74) is 0.822. The third-order valence-electron chi connectivity index (χ3n) is 3.72. The van der Waals surface area contributed by atoms with Gasteiger partial charge in [-0.2, -0.15) is 0 Å². The van der Waals surface area contributed by atoms with Gasteiger partial charge >= 0.3 is 0 Å². The number of halogens is 2. The number of nitrogens with zero attached hydrogens (tertiary/aromatic N) is 1. The lowest BCUT2D eigenvalue weighted by molar-refractivity contribution is 0.120. The average molecular weight is 372 g/mol. The molecular formula is C16H23BrFN3O. The van der Waals surface area contributed by atoms with Crippen molar-refractivity contribution in [2.45, 2.75) is 51.3 Å². The summed E-state index contributed by atoms with van der Waals surface area (Å²) < 4.78 is 14.1. The molecule has 0 saturated heterocycles. The molecular weight excluding hydrogens is 349 g/mol. The second-order valence-electron chi connectivity index (χ2n) is 5.62. The first kappa shape index (κ1) is 17.2. The van der Waals surface area contributed by atoms with E-state index in [1.165, 1.54) is 12.1 Å². The Morgan fingerprint density at radius 3 is 2.68 bits per heavy atom. The zero-order chi connectivity index (χ0) is 15.9. The molecule has 1 aromatic carbocycles. The Balaban J connectivity index is 1.97. The van der Waals surface area contributed by atoms with Gasteiger partial charge < -0.3 is 15.7 Å². The molecule has 22 heavy (non-hydrogen) atoms. The minimum Gasteiger partial charge on any atom is -0.393 e. The van der Waals surface area contributed by atoms with Crippen LogP contribution in [-0.2, 0) is 6.54 Å². The van der Waals surface area contributed by atoms with Crippen LogP contribution in [0.4, 0.5) is 4.39 Å². The van der Waals surface area contributed by atoms with Crippen molar-refractivity contribution in [2.24, 2.45) is 4.99 Å². The number of rotatable bonds is 4. The van der Waals surface area contributed by atoms with Crippen molar-refractivity contribution in [3.8, 4) is 0 Å². The molecule has 0 heterocycles. The van der Waals surface area contributed by atoms with Crippen molar-refractivity contribution in [3.63, 3.8) is 0 Å². The molecule has 0 amide bonds. The van der Waals surface area contributed by atoms with E-state index in [9.17, 15) is 9.50 Å². The van der Waals surface area contributed by atoms with Crippen LogP contribution in [-0.4, -0.2) is 29.8 Å². The molecule has 3 N–H and O–H groups in total. The molecule has 0 radical (unpaired) electrons. The molecule has 122 valence electrons. The van der Waals surface area contributed by atoms with E-state index < -0.39 is 0 Å². The SMILES string of the molecule is CCNC(=NCc1cc(F)cc(Br)c1)NC1CCC(O)CC1. The van der Waals surface area contributed by atoms with Gasteiger partial charge in [0, 0.05) is 17.1 Å². The fraction of sp³-hybridized carbons (Fsp3) is 0.562. The summed E-state index contributed by atoms with van der Waals surface area (Å²) in [7, 11) is 0. The molecule has 0 aromatic heterocycles. The molecule has 2 rings (SSSR count). The van der Waals surface area contributed by atoms with Crippen molar-refractivity contribution in [1.29, 1.82) is 0 Å². The van der Waals surface area contributed by atoms with Gasteiger partial charge in [-0.15, -0.1) is 0 Å². The summed E-state index contributed by atoms with van der Waals surface area (Å²) in [4.78, 5) is 4.52. The van der Waals surface area contributed by atoms with E-state index in [1.54, 1.807) is 0 Å². The highest BCUT2D eigenvalue weighted by molar-refractivity contribution is 9.10. The molecule has 1 aromatic rings. The summed E-state index contributed by atoms with van der Waals surface area (Å²) in [6.45, 7) is 3.20. The van der Waals surface area contributed by atoms with Crippen LogP contribution < -0.4 is 10.6 Å². The lowest BCUT2D eigenvalue weighted by atomic mass is 9.93. The lowest BCUT2D eigenvalue weighted by Gasteiger charge is -2.27. The van der Waals surface area contributed by atoms with Gasteiger partial charge in [0.15, 0.2) is 5.96 Å². The standard InChI is InChI=1S/C16H23BrFN3O/c1-2-19-16(21-14-3-5-15(22)6-4-14)20-10-11-7-12(17)9-13(18)8-11/h7-9,14-15,22H,2-6,10H2,1H3,(H2,19,20,21). The van der Waals surface area contributed by atoms with Crippen LogP contribution >= 0.6 is 15.9 Å². The number of hydrogen-bond donors (Lipinski definition) is 3. The number of nitrogens with one attached hydrogen (secondary N) is 2. The monoisotopic (exact) mass is 371 g/mol. The van der Waals surface area contributed by atoms with Gasteiger partial charge in [-0.3, -0.25) is 0 Å². The van der Waals surface area contributed by atoms with Gasteiger partial charge in [-0.05, 0) is 56.4 Å². The largest absolute Gasteiger partial charge is 0.393 e. The van der Waals surface area contributed by atoms with Crippen molar-refractivity contribution >= 4 is 21.9 Å². The Labute approximate surface area is 139 Å². The van der Waals surface area contributed by atoms with Gasteiger partial charge in [0.25, 0.3) is 0 Å². The van der Waals surface area contributed by atoms with Crippen molar-refractivity contribution in [2.75, 3.05) is 6.54 Å². The van der Waals surface area contributed by atoms with Crippen LogP contribution in [0.2, 0.25) is 0 Å². The van der Waals surface area contributed by atoms with E-state index in [2.05, 4.69) is 31.6 Å². The maximum absolute atomic E-state index is 13.4. The summed E-state index contributed by atoms with van der Waals surface area (Å²) >= 11 is 3.29. The van der Waals surface area contributed by atoms with Crippen LogP contribution in [0.1, 0.15) is 38.2 Å². The molecule has 1 fully saturated rings. The van der Waals surface area contributed by atoms with E-state index >= 15 is 0 Å². The molecule has 1 saturated carbocycles. The number of benzene rings is 1. The highest BCUT2D eigenvalue weighted by atomic mass is 79.9. The lowest BCUT2D eigenvalue weighted by Crippen LogP contribution is -2.45. The first-order chi connectivity index (χ1) is 10.6. The van der Waals surface area contributed by atoms with Crippen LogP contribution in [0.3, 0.4) is 0 Å². The number of aliphatic hydroxyl groups is 1. The van der Waals surface area contributed by atoms with Crippen LogP contribution in [0, 0.1) is 5.82 Å². The number of hydrogen-bond acceptors (Lipinski definition) is 2. The van der Waals surface area contributed by atoms with Crippen molar-refractivity contribution < 1.29 is 9.50 Å². The predicted molar refractivity (Wildman–Crippen MR) is 90.3 cm³/mol. The molecule has 6 heteroatoms. The molecule has 4 nitrogen and oxygen atoms in total. The normalized spacial score (nSPS) is 22.5. The Morgan fingerprint density at radius 2 is 2.05 bits per heavy atom. The van der Waals surface area contributed by atoms with E-state index in [1.807, 2.05) is 13.0 Å². The minimum absolute atomic E-state index is 0.165. The fourth-order valence-electron chi connectivity index (χ4n) is 2.61. The van der Waals surface area contributed by atoms with E-state index in [4.69, 9.17) is 0 Å². The quantitative estimate of drug-likeness (QED) is 0.563. The minimum atomic E-state index is -0.265. The highest BCUT2D eigenvalue weighted by Gasteiger charge is 2.19. The number of guanidine groups is 1. The summed E-state index contributed by atoms with van der Waals surface area (Å²) in [5.74, 6) is 0.475. The first-order valence-corrected chi connectivity index (χ1v) is 8.54. The zero-order valence-electron chi connectivity index (χ0n) is 12.8. The third kappa shape index (κ3) is 5.57. The Hall–Kier alpha value is -1.14. The van der Waals surface area contributed by atoms with Gasteiger partial charge in [-0.1, -0.05) is 15.9 Å². The summed E-state index contributed by atoms with van der Waals surface area (Å²) in [5, 5.41) is 16.2. The van der Waals surface area contributed by atoms with Crippen molar-refractivity contribution in [1.82, 2.24) is 10.6 Å². The number of aliphatic hydroxyl groups excluding tert-OH is 1. The average Bonchev–Trinajstić information content (AvgIpc) is 2.46. The van der Waals surface area contributed by atoms with Gasteiger partial charge in [0.05, 0.1) is 12.6 Å². The van der Waals surface area contributed by atoms with Crippen LogP contribution in [0.5, 0.6) is 0 Å². The van der Waals surface area contributed by atoms with Crippen LogP contribution in [0.15, 0.2) is 27.7 Å². The molecule has 0 aliphatic heterocycles. The second-order valence-corrected chi connectivity index (χ2v) is 6.54. The third-order valence-corrected chi connectivity index (χ3v) is 4.18. The summed E-state index contributed by atoms with van der Waals surface area (Å²) in [6, 6.07) is 5.13. The Morgan fingerprint density at radius 1 is 1.32 bits per heavy atom. The maximum atomic E-state index is 13.4. The smallest absolute Gasteiger partial charge is 0.191 e. The zero-order valence-corrected chi connectivity index (χ0v) is 14.4. The van der Waals surface area contributed by atoms with Crippen LogP contribution in [0.25, 0.3) is 0 Å². The molecule has 0 unspecified atom stereocenters. The van der Waals surface area contributed by atoms with Gasteiger partial charge in [-0.25, -0.2) is 9.38 Å². The number of aliphatic imine (C=N–C) groups is 1. The Kier molecular flexibility index (Phi) is 6.64. The molecule has 1 aliphatic rings. The topological polar surface area (TPSA) is 56.7 Å². The Bertz CT molecular complexity index is 496. The molecule has 0 bridgehead atoms. The maximum Gasteiger partial charge on any atom is 0.191 e. The molecule has 0 spiro atoms.